The summed E-state index contributed by atoms with van der Waals surface area (Å²) in [6.45, 7) is 6.09. The first-order valence-corrected chi connectivity index (χ1v) is 11.4. The van der Waals surface area contributed by atoms with Gasteiger partial charge in [-0.25, -0.2) is 13.2 Å². The van der Waals surface area contributed by atoms with Crippen LogP contribution in [-0.4, -0.2) is 90.2 Å². The maximum Gasteiger partial charge on any atom is 0.409 e. The highest BCUT2D eigenvalue weighted by Crippen LogP contribution is 2.26. The van der Waals surface area contributed by atoms with Crippen molar-refractivity contribution in [2.45, 2.75) is 31.6 Å². The van der Waals surface area contributed by atoms with Crippen LogP contribution in [0.2, 0.25) is 0 Å². The molecule has 2 amide bonds. The normalized spacial score (nSPS) is 21.3. The van der Waals surface area contributed by atoms with Crippen LogP contribution in [0.5, 0.6) is 0 Å². The van der Waals surface area contributed by atoms with E-state index in [0.29, 0.717) is 57.9 Å². The van der Waals surface area contributed by atoms with E-state index in [1.54, 1.807) is 30.7 Å². The highest BCUT2D eigenvalue weighted by atomic mass is 32.2. The number of carbonyl (C=O) groups is 2. The quantitative estimate of drug-likeness (QED) is 0.690. The number of rotatable bonds is 4. The molecule has 0 unspecified atom stereocenters. The molecule has 11 heteroatoms. The lowest BCUT2D eigenvalue weighted by Gasteiger charge is -2.38. The van der Waals surface area contributed by atoms with Crippen molar-refractivity contribution in [2.75, 3.05) is 45.9 Å². The molecule has 1 aromatic heterocycles. The van der Waals surface area contributed by atoms with Gasteiger partial charge in [0.1, 0.15) is 4.90 Å². The van der Waals surface area contributed by atoms with Crippen LogP contribution in [0.15, 0.2) is 11.1 Å². The van der Waals surface area contributed by atoms with Crippen molar-refractivity contribution in [2.24, 2.45) is 13.0 Å². The first-order chi connectivity index (χ1) is 13.8. The van der Waals surface area contributed by atoms with E-state index in [9.17, 15) is 18.0 Å². The molecule has 1 atom stereocenters. The highest BCUT2D eigenvalue weighted by molar-refractivity contribution is 7.89. The Balaban J connectivity index is 1.63. The number of ether oxygens (including phenoxy) is 1. The van der Waals surface area contributed by atoms with Crippen molar-refractivity contribution in [1.29, 1.82) is 0 Å². The molecule has 0 radical (unpaired) electrons. The second-order valence-electron chi connectivity index (χ2n) is 7.43. The minimum absolute atomic E-state index is 0.0451. The molecule has 162 valence electrons. The van der Waals surface area contributed by atoms with Crippen molar-refractivity contribution >= 4 is 22.0 Å². The Labute approximate surface area is 171 Å². The Morgan fingerprint density at radius 2 is 1.83 bits per heavy atom. The van der Waals surface area contributed by atoms with Gasteiger partial charge >= 0.3 is 6.09 Å². The Hall–Kier alpha value is -2.14. The average Bonchev–Trinajstić information content (AvgIpc) is 3.07. The number of piperidine rings is 1. The maximum atomic E-state index is 13.0. The van der Waals surface area contributed by atoms with E-state index in [1.807, 2.05) is 0 Å². The van der Waals surface area contributed by atoms with Gasteiger partial charge in [0.15, 0.2) is 0 Å². The van der Waals surface area contributed by atoms with Crippen molar-refractivity contribution in [1.82, 2.24) is 23.9 Å². The third-order valence-electron chi connectivity index (χ3n) is 5.66. The van der Waals surface area contributed by atoms with Crippen molar-refractivity contribution in [3.63, 3.8) is 0 Å². The van der Waals surface area contributed by atoms with E-state index in [2.05, 4.69) is 5.10 Å². The molecule has 29 heavy (non-hydrogen) atoms. The van der Waals surface area contributed by atoms with Gasteiger partial charge in [0.2, 0.25) is 15.9 Å². The van der Waals surface area contributed by atoms with Gasteiger partial charge in [-0.3, -0.25) is 9.48 Å². The fourth-order valence-corrected chi connectivity index (χ4v) is 5.53. The molecule has 3 heterocycles. The zero-order chi connectivity index (χ0) is 21.2. The van der Waals surface area contributed by atoms with E-state index in [4.69, 9.17) is 4.74 Å². The number of piperazine rings is 1. The summed E-state index contributed by atoms with van der Waals surface area (Å²) in [5, 5.41) is 4.03. The number of aryl methyl sites for hydroxylation is 1. The monoisotopic (exact) mass is 427 g/mol. The van der Waals surface area contributed by atoms with Gasteiger partial charge < -0.3 is 14.5 Å². The minimum atomic E-state index is -3.69. The fourth-order valence-electron chi connectivity index (χ4n) is 3.82. The molecule has 0 spiro atoms. The molecule has 2 aliphatic rings. The molecule has 2 fully saturated rings. The third kappa shape index (κ3) is 4.40. The summed E-state index contributed by atoms with van der Waals surface area (Å²) in [4.78, 5) is 28.3. The van der Waals surface area contributed by atoms with Crippen LogP contribution in [0.4, 0.5) is 4.79 Å². The molecular formula is C18H29N5O5S. The van der Waals surface area contributed by atoms with Gasteiger partial charge in [0, 0.05) is 46.3 Å². The molecule has 10 nitrogen and oxygen atoms in total. The van der Waals surface area contributed by atoms with Gasteiger partial charge in [-0.2, -0.15) is 9.40 Å². The summed E-state index contributed by atoms with van der Waals surface area (Å²) in [7, 11) is -1.98. The van der Waals surface area contributed by atoms with Crippen molar-refractivity contribution in [3.05, 3.63) is 11.9 Å². The summed E-state index contributed by atoms with van der Waals surface area (Å²) in [5.74, 6) is -0.416. The van der Waals surface area contributed by atoms with Crippen LogP contribution >= 0.6 is 0 Å². The summed E-state index contributed by atoms with van der Waals surface area (Å²) in [6.07, 6.45) is 2.30. The largest absolute Gasteiger partial charge is 0.450 e. The zero-order valence-electron chi connectivity index (χ0n) is 17.2. The summed E-state index contributed by atoms with van der Waals surface area (Å²) < 4.78 is 34.0. The lowest BCUT2D eigenvalue weighted by atomic mass is 9.98. The smallest absolute Gasteiger partial charge is 0.409 e. The lowest BCUT2D eigenvalue weighted by molar-refractivity contribution is -0.138. The minimum Gasteiger partial charge on any atom is -0.450 e. The van der Waals surface area contributed by atoms with E-state index in [1.165, 1.54) is 15.2 Å². The first-order valence-electron chi connectivity index (χ1n) is 9.95. The molecule has 1 aromatic rings. The number of nitrogens with zero attached hydrogens (tertiary/aromatic N) is 5. The Morgan fingerprint density at radius 1 is 1.17 bits per heavy atom. The third-order valence-corrected chi connectivity index (χ3v) is 7.63. The number of carbonyl (C=O) groups excluding carboxylic acids is 2. The number of hydrogen-bond acceptors (Lipinski definition) is 6. The topological polar surface area (TPSA) is 105 Å². The van der Waals surface area contributed by atoms with E-state index in [-0.39, 0.29) is 29.4 Å². The van der Waals surface area contributed by atoms with Crippen LogP contribution < -0.4 is 0 Å². The SMILES string of the molecule is CCOC(=O)N1CCN(C(=O)[C@@H]2CCCN(S(=O)(=O)c3cnn(C)c3C)C2)CC1. The average molecular weight is 428 g/mol. The van der Waals surface area contributed by atoms with Crippen LogP contribution in [-0.2, 0) is 26.6 Å². The molecule has 0 aliphatic carbocycles. The second-order valence-corrected chi connectivity index (χ2v) is 9.34. The van der Waals surface area contributed by atoms with Crippen LogP contribution in [0.1, 0.15) is 25.5 Å². The highest BCUT2D eigenvalue weighted by Gasteiger charge is 2.37. The molecule has 2 aliphatic heterocycles. The fraction of sp³-hybridized carbons (Fsp3) is 0.722. The molecule has 2 saturated heterocycles. The van der Waals surface area contributed by atoms with E-state index in [0.717, 1.165) is 0 Å². The number of amides is 2. The van der Waals surface area contributed by atoms with Gasteiger partial charge in [-0.15, -0.1) is 0 Å². The maximum absolute atomic E-state index is 13.0. The molecule has 0 saturated carbocycles. The standard InChI is InChI=1S/C18H29N5O5S/c1-4-28-18(25)22-10-8-21(9-11-22)17(24)15-6-5-7-23(13-15)29(26,27)16-12-19-20(3)14(16)2/h12,15H,4-11,13H2,1-3H3/t15-/m1/s1. The second kappa shape index (κ2) is 8.70. The Morgan fingerprint density at radius 3 is 2.41 bits per heavy atom. The van der Waals surface area contributed by atoms with Gasteiger partial charge in [0.05, 0.1) is 24.4 Å². The van der Waals surface area contributed by atoms with Crippen LogP contribution in [0.3, 0.4) is 0 Å². The number of aromatic nitrogens is 2. The molecule has 3 rings (SSSR count). The predicted molar refractivity (Wildman–Crippen MR) is 105 cm³/mol. The summed E-state index contributed by atoms with van der Waals surface area (Å²) in [6, 6.07) is 0. The first kappa shape index (κ1) is 21.6. The molecule has 0 bridgehead atoms. The van der Waals surface area contributed by atoms with Crippen LogP contribution in [0.25, 0.3) is 0 Å². The number of hydrogen-bond donors (Lipinski definition) is 0. The number of sulfonamides is 1. The van der Waals surface area contributed by atoms with Gasteiger partial charge in [0.25, 0.3) is 0 Å². The Bertz CT molecular complexity index is 860. The van der Waals surface area contributed by atoms with E-state index >= 15 is 0 Å². The Kier molecular flexibility index (Phi) is 6.47. The molecular weight excluding hydrogens is 398 g/mol. The molecule has 0 N–H and O–H groups in total. The van der Waals surface area contributed by atoms with Gasteiger partial charge in [-0.05, 0) is 26.7 Å². The van der Waals surface area contributed by atoms with Crippen molar-refractivity contribution < 1.29 is 22.7 Å². The van der Waals surface area contributed by atoms with Crippen molar-refractivity contribution in [3.8, 4) is 0 Å². The lowest BCUT2D eigenvalue weighted by Crippen LogP contribution is -2.54. The summed E-state index contributed by atoms with van der Waals surface area (Å²) >= 11 is 0. The predicted octanol–water partition coefficient (Wildman–Crippen LogP) is 0.430. The van der Waals surface area contributed by atoms with Crippen LogP contribution in [0, 0.1) is 12.8 Å². The molecule has 0 aromatic carbocycles. The zero-order valence-corrected chi connectivity index (χ0v) is 18.0. The van der Waals surface area contributed by atoms with Gasteiger partial charge in [-0.1, -0.05) is 0 Å². The summed E-state index contributed by atoms with van der Waals surface area (Å²) in [5.41, 5.74) is 0.577. The van der Waals surface area contributed by atoms with E-state index < -0.39 is 10.0 Å².